The minimum Gasteiger partial charge on any atom is -0.341 e. The highest BCUT2D eigenvalue weighted by molar-refractivity contribution is 9.11. The van der Waals surface area contributed by atoms with Gasteiger partial charge < -0.3 is 21.3 Å². The van der Waals surface area contributed by atoms with Crippen molar-refractivity contribution in [1.82, 2.24) is 31.2 Å². The van der Waals surface area contributed by atoms with Crippen LogP contribution < -0.4 is 21.3 Å². The second kappa shape index (κ2) is 12.5. The number of hydrogen-bond donors (Lipinski definition) is 4. The summed E-state index contributed by atoms with van der Waals surface area (Å²) in [5, 5.41) is 15.8. The van der Waals surface area contributed by atoms with Crippen molar-refractivity contribution in [3.63, 3.8) is 0 Å². The van der Waals surface area contributed by atoms with Crippen LogP contribution in [0.4, 0.5) is 0 Å². The van der Waals surface area contributed by atoms with Crippen LogP contribution in [0.1, 0.15) is 91.5 Å². The Hall–Kier alpha value is -2.64. The van der Waals surface area contributed by atoms with Gasteiger partial charge in [0.1, 0.15) is 33.1 Å². The van der Waals surface area contributed by atoms with Gasteiger partial charge in [-0.15, -0.1) is 22.7 Å². The number of hydrogen-bond acceptors (Lipinski definition) is 8. The summed E-state index contributed by atoms with van der Waals surface area (Å²) in [7, 11) is 0. The minimum absolute atomic E-state index is 0.0145. The molecular weight excluding hydrogens is 592 g/mol. The van der Waals surface area contributed by atoms with Crippen LogP contribution in [0, 0.1) is 17.8 Å². The van der Waals surface area contributed by atoms with Crippen LogP contribution in [0.25, 0.3) is 0 Å². The zero-order valence-electron chi connectivity index (χ0n) is 22.3. The zero-order chi connectivity index (χ0) is 28.3. The fourth-order valence-electron chi connectivity index (χ4n) is 3.78. The summed E-state index contributed by atoms with van der Waals surface area (Å²) >= 11 is 5.86. The van der Waals surface area contributed by atoms with E-state index < -0.39 is 35.8 Å². The quantitative estimate of drug-likeness (QED) is 0.380. The first-order chi connectivity index (χ1) is 17.8. The third kappa shape index (κ3) is 6.86. The van der Waals surface area contributed by atoms with E-state index >= 15 is 0 Å². The van der Waals surface area contributed by atoms with Crippen LogP contribution in [0.5, 0.6) is 0 Å². The largest absolute Gasteiger partial charge is 0.341 e. The van der Waals surface area contributed by atoms with Crippen LogP contribution in [-0.4, -0.2) is 39.6 Å². The van der Waals surface area contributed by atoms with Gasteiger partial charge in [0.15, 0.2) is 0 Å². The summed E-state index contributed by atoms with van der Waals surface area (Å²) in [6, 6.07) is -1.88. The zero-order valence-corrected chi connectivity index (χ0v) is 25.6. The molecule has 0 saturated carbocycles. The van der Waals surface area contributed by atoms with E-state index in [4.69, 9.17) is 0 Å². The Labute approximate surface area is 238 Å². The Morgan fingerprint density at radius 3 is 1.53 bits per heavy atom. The standard InChI is InChI=1S/C25H33BrN6O4S2/c1-10(2)16-22(35)32-19(13(7)26)23(36)31-18(12(5)6)25-28-15(9-38-25)21(34)30-17(11(3)4)24-27-14(8-37-24)20(33)29-16/h8-12,16-18H,1-7H3,(H,29,33)(H,30,34)(H,31,36)(H,32,35)/b19-13+/t16-,17-,18-/m0/s1. The Bertz CT molecular complexity index is 1250. The molecule has 1 aliphatic rings. The van der Waals surface area contributed by atoms with Crippen molar-refractivity contribution in [1.29, 1.82) is 0 Å². The van der Waals surface area contributed by atoms with Gasteiger partial charge in [-0.25, -0.2) is 9.97 Å². The van der Waals surface area contributed by atoms with Gasteiger partial charge in [-0.05, 0) is 24.7 Å². The number of thiazole rings is 2. The number of allylic oxidation sites excluding steroid dienone is 1. The fourth-order valence-corrected chi connectivity index (χ4v) is 6.10. The summed E-state index contributed by atoms with van der Waals surface area (Å²) in [5.41, 5.74) is 0.393. The van der Waals surface area contributed by atoms with Gasteiger partial charge >= 0.3 is 0 Å². The Morgan fingerprint density at radius 2 is 1.13 bits per heavy atom. The molecule has 0 aliphatic carbocycles. The number of halogens is 1. The fraction of sp³-hybridized carbons (Fsp3) is 0.520. The predicted molar refractivity (Wildman–Crippen MR) is 151 cm³/mol. The number of nitrogens with zero attached hydrogens (tertiary/aromatic N) is 2. The van der Waals surface area contributed by atoms with E-state index in [1.807, 2.05) is 27.7 Å². The van der Waals surface area contributed by atoms with Crippen molar-refractivity contribution in [2.24, 2.45) is 17.8 Å². The normalized spacial score (nSPS) is 23.0. The Morgan fingerprint density at radius 1 is 0.737 bits per heavy atom. The van der Waals surface area contributed by atoms with E-state index in [9.17, 15) is 19.2 Å². The first-order valence-corrected chi connectivity index (χ1v) is 14.9. The summed E-state index contributed by atoms with van der Waals surface area (Å²) in [5.74, 6) is -2.29. The maximum absolute atomic E-state index is 13.3. The van der Waals surface area contributed by atoms with E-state index in [0.29, 0.717) is 14.5 Å². The van der Waals surface area contributed by atoms with E-state index in [1.54, 1.807) is 31.5 Å². The molecule has 38 heavy (non-hydrogen) atoms. The van der Waals surface area contributed by atoms with Gasteiger partial charge in [0.05, 0.1) is 12.1 Å². The molecule has 3 heterocycles. The molecule has 4 N–H and O–H groups in total. The molecule has 0 spiro atoms. The average Bonchev–Trinajstić information content (AvgIpc) is 3.51. The molecule has 10 nitrogen and oxygen atoms in total. The lowest BCUT2D eigenvalue weighted by Gasteiger charge is -2.24. The van der Waals surface area contributed by atoms with Crippen LogP contribution in [0.3, 0.4) is 0 Å². The molecule has 13 heteroatoms. The van der Waals surface area contributed by atoms with Crippen molar-refractivity contribution >= 4 is 62.2 Å². The number of carbonyl (C=O) groups excluding carboxylic acids is 4. The topological polar surface area (TPSA) is 142 Å². The van der Waals surface area contributed by atoms with E-state index in [2.05, 4.69) is 47.2 Å². The molecule has 206 valence electrons. The number of aromatic nitrogens is 2. The number of rotatable bonds is 3. The van der Waals surface area contributed by atoms with Gasteiger partial charge in [0, 0.05) is 15.2 Å². The minimum atomic E-state index is -0.927. The lowest BCUT2D eigenvalue weighted by Crippen LogP contribution is -2.51. The maximum Gasteiger partial charge on any atom is 0.271 e. The first-order valence-electron chi connectivity index (χ1n) is 12.3. The summed E-state index contributed by atoms with van der Waals surface area (Å²) in [4.78, 5) is 61.8. The highest BCUT2D eigenvalue weighted by atomic mass is 79.9. The SMILES string of the molecule is C/C(Br)=C1\NC(=O)[C@H](C(C)C)NC(=O)c2csc(n2)[C@H](C(C)C)NC(=O)c2csc(n2)[C@H](C(C)C)NC1=O. The highest BCUT2D eigenvalue weighted by Crippen LogP contribution is 2.28. The van der Waals surface area contributed by atoms with Crippen molar-refractivity contribution in [2.45, 2.75) is 66.6 Å². The molecule has 4 bridgehead atoms. The van der Waals surface area contributed by atoms with Crippen LogP contribution >= 0.6 is 38.6 Å². The molecule has 0 unspecified atom stereocenters. The van der Waals surface area contributed by atoms with E-state index in [-0.39, 0.29) is 40.7 Å². The van der Waals surface area contributed by atoms with Gasteiger partial charge in [-0.3, -0.25) is 19.2 Å². The molecule has 0 aromatic carbocycles. The molecule has 0 radical (unpaired) electrons. The van der Waals surface area contributed by atoms with Crippen molar-refractivity contribution < 1.29 is 19.2 Å². The number of nitrogens with one attached hydrogen (secondary N) is 4. The lowest BCUT2D eigenvalue weighted by atomic mass is 10.0. The van der Waals surface area contributed by atoms with Crippen LogP contribution in [0.15, 0.2) is 20.9 Å². The van der Waals surface area contributed by atoms with Gasteiger partial charge in [0.25, 0.3) is 17.7 Å². The molecule has 0 saturated heterocycles. The predicted octanol–water partition coefficient (Wildman–Crippen LogP) is 4.05. The molecule has 2 aromatic rings. The summed E-state index contributed by atoms with van der Waals surface area (Å²) in [6.07, 6.45) is 0. The molecule has 4 amide bonds. The lowest BCUT2D eigenvalue weighted by molar-refractivity contribution is -0.126. The average molecular weight is 626 g/mol. The van der Waals surface area contributed by atoms with Gasteiger partial charge in [0.2, 0.25) is 5.91 Å². The molecular formula is C25H33BrN6O4S2. The molecule has 3 rings (SSSR count). The van der Waals surface area contributed by atoms with Crippen molar-refractivity contribution in [3.05, 3.63) is 42.3 Å². The van der Waals surface area contributed by atoms with Crippen molar-refractivity contribution in [2.75, 3.05) is 0 Å². The smallest absolute Gasteiger partial charge is 0.271 e. The first kappa shape index (κ1) is 29.9. The molecule has 1 aliphatic heterocycles. The number of amides is 4. The van der Waals surface area contributed by atoms with E-state index in [1.165, 1.54) is 22.7 Å². The van der Waals surface area contributed by atoms with Crippen LogP contribution in [0.2, 0.25) is 0 Å². The molecule has 2 aromatic heterocycles. The van der Waals surface area contributed by atoms with Crippen LogP contribution in [-0.2, 0) is 9.59 Å². The number of carbonyl (C=O) groups is 4. The third-order valence-electron chi connectivity index (χ3n) is 6.00. The summed E-state index contributed by atoms with van der Waals surface area (Å²) < 4.78 is 0.414. The second-order valence-electron chi connectivity index (χ2n) is 10.1. The van der Waals surface area contributed by atoms with Gasteiger partial charge in [-0.1, -0.05) is 57.5 Å². The second-order valence-corrected chi connectivity index (χ2v) is 13.1. The Kier molecular flexibility index (Phi) is 9.82. The maximum atomic E-state index is 13.3. The third-order valence-corrected chi connectivity index (χ3v) is 8.26. The Balaban J connectivity index is 2.10. The van der Waals surface area contributed by atoms with E-state index in [0.717, 1.165) is 0 Å². The molecule has 3 atom stereocenters. The highest BCUT2D eigenvalue weighted by Gasteiger charge is 2.31. The summed E-state index contributed by atoms with van der Waals surface area (Å²) in [6.45, 7) is 13.0. The van der Waals surface area contributed by atoms with Crippen molar-refractivity contribution in [3.8, 4) is 0 Å². The number of fused-ring (bicyclic) bond motifs is 4. The molecule has 0 fully saturated rings. The monoisotopic (exact) mass is 624 g/mol. The van der Waals surface area contributed by atoms with Gasteiger partial charge in [-0.2, -0.15) is 0 Å².